The molecule has 57 heavy (non-hydrogen) atoms. The third kappa shape index (κ3) is 27.3. The lowest BCUT2D eigenvalue weighted by Crippen LogP contribution is -2.72. The summed E-state index contributed by atoms with van der Waals surface area (Å²) in [5.74, 6) is -1.91. The molecular weight excluding hydrogens is 773 g/mol. The van der Waals surface area contributed by atoms with Crippen LogP contribution in [-0.4, -0.2) is 251 Å². The molecular formula is C16H19B28Cl4N4O5-. The number of halogens is 4. The van der Waals surface area contributed by atoms with Crippen molar-refractivity contribution in [3.05, 3.63) is 44.9 Å². The Morgan fingerprint density at radius 2 is 0.912 bits per heavy atom. The van der Waals surface area contributed by atoms with E-state index < -0.39 is 75.2 Å². The number of hydrogen-bond donors (Lipinski definition) is 0. The number of rotatable bonds is 14. The number of esters is 2. The minimum atomic E-state index is -0.760. The molecule has 0 saturated heterocycles. The van der Waals surface area contributed by atoms with Crippen LogP contribution in [0.4, 0.5) is 0 Å². The maximum Gasteiger partial charge on any atom is 0.374 e. The fraction of sp³-hybridized carbons (Fsp3) is 0.312. The van der Waals surface area contributed by atoms with E-state index in [1.165, 1.54) is 25.5 Å². The van der Waals surface area contributed by atoms with Gasteiger partial charge in [0.25, 0.3) is 0 Å². The quantitative estimate of drug-likeness (QED) is 0.0796. The predicted molar refractivity (Wildman–Crippen MR) is 273 cm³/mol. The van der Waals surface area contributed by atoms with Crippen LogP contribution in [0, 0.1) is 0 Å². The average molecular weight is 792 g/mol. The first-order valence-electron chi connectivity index (χ1n) is 16.1. The zero-order valence-corrected chi connectivity index (χ0v) is 34.1. The first kappa shape index (κ1) is 61.1. The zero-order chi connectivity index (χ0) is 45.3. The van der Waals surface area contributed by atoms with Gasteiger partial charge in [-0.1, -0.05) is 30.9 Å². The molecule has 41 heteroatoms. The van der Waals surface area contributed by atoms with Gasteiger partial charge in [0, 0.05) is 107 Å². The van der Waals surface area contributed by atoms with Gasteiger partial charge in [0.2, 0.25) is 16.4 Å². The summed E-state index contributed by atoms with van der Waals surface area (Å²) in [4.78, 5) is 45.8. The number of carbonyl (C=O) groups excluding carboxylic acids is 3. The van der Waals surface area contributed by atoms with Gasteiger partial charge < -0.3 is 9.47 Å². The lowest BCUT2D eigenvalue weighted by atomic mass is 8.47. The van der Waals surface area contributed by atoms with Crippen LogP contribution in [0.3, 0.4) is 0 Å². The normalized spacial score (nSPS) is 9.05. The van der Waals surface area contributed by atoms with Crippen LogP contribution in [0.25, 0.3) is 0 Å². The van der Waals surface area contributed by atoms with E-state index in [0.717, 1.165) is 0 Å². The van der Waals surface area contributed by atoms with Crippen molar-refractivity contribution in [1.29, 1.82) is 0 Å². The number of ketones is 1. The highest BCUT2D eigenvalue weighted by Gasteiger charge is 2.36. The number of Topliss-reactive ketones (excluding diaryl/α,β-unsaturated/α-hetero) is 1. The smallest absolute Gasteiger partial charge is 0.374 e. The first-order chi connectivity index (χ1) is 26.2. The maximum absolute atomic E-state index is 11.2. The molecule has 0 fully saturated rings. The Hall–Kier alpha value is -0.252. The van der Waals surface area contributed by atoms with Crippen LogP contribution in [0.15, 0.2) is 18.6 Å². The van der Waals surface area contributed by atoms with Gasteiger partial charge in [-0.25, -0.2) is 29.5 Å². The number of nitrogens with zero attached hydrogens (tertiary/aromatic N) is 4. The predicted octanol–water partition coefficient (Wildman–Crippen LogP) is -7.58. The molecule has 0 aliphatic heterocycles. The van der Waals surface area contributed by atoms with E-state index in [4.69, 9.17) is 167 Å². The summed E-state index contributed by atoms with van der Waals surface area (Å²) in [6, 6.07) is 0. The molecule has 0 bridgehead atoms. The fourth-order valence-corrected chi connectivity index (χ4v) is 4.54. The Labute approximate surface area is 384 Å². The van der Waals surface area contributed by atoms with Crippen molar-refractivity contribution < 1.29 is 23.9 Å². The SMILES string of the molecule is CCOC(=O)C(C)=O.CCOC(=O)c1nc(Cl)ncc1Cl.Clc1cnc(Cl)nc1.[B]B([B])B(B([B])[B])B(B([B])[B])B([B])[BH3-].[B]B([B])B(B([B])[B])B(B([B])[B])B([B])[B]. The van der Waals surface area contributed by atoms with Gasteiger partial charge in [-0.2, -0.15) is 0 Å². The average Bonchev–Trinajstić information content (AvgIpc) is 3.08. The molecule has 0 spiro atoms. The summed E-state index contributed by atoms with van der Waals surface area (Å²) >= 11 is 21.9. The highest BCUT2D eigenvalue weighted by atomic mass is 35.5. The monoisotopic (exact) mass is 795 g/mol. The van der Waals surface area contributed by atoms with Gasteiger partial charge in [0.1, 0.15) is 0 Å². The molecule has 0 saturated carbocycles. The van der Waals surface area contributed by atoms with E-state index in [1.54, 1.807) is 13.8 Å². The zero-order valence-electron chi connectivity index (χ0n) is 31.1. The van der Waals surface area contributed by atoms with Gasteiger partial charge in [-0.3, -0.25) is 4.79 Å². The summed E-state index contributed by atoms with van der Waals surface area (Å²) < 4.78 is 9.01. The summed E-state index contributed by atoms with van der Waals surface area (Å²) in [7, 11) is 83.5. The molecule has 0 aromatic carbocycles. The van der Waals surface area contributed by atoms with Gasteiger partial charge >= 0.3 is 11.9 Å². The molecule has 0 atom stereocenters. The topological polar surface area (TPSA) is 121 Å². The Bertz CT molecular complexity index is 1300. The summed E-state index contributed by atoms with van der Waals surface area (Å²) in [5.41, 5.74) is -0.0106. The van der Waals surface area contributed by atoms with Gasteiger partial charge in [0.05, 0.1) is 41.8 Å². The molecule has 2 heterocycles. The second kappa shape index (κ2) is 33.4. The van der Waals surface area contributed by atoms with Crippen molar-refractivity contribution in [3.8, 4) is 0 Å². The van der Waals surface area contributed by atoms with Crippen molar-refractivity contribution >= 4 is 265 Å². The molecule has 0 N–H and O–H groups in total. The lowest BCUT2D eigenvalue weighted by molar-refractivity contribution is -0.152. The number of aromatic nitrogens is 4. The van der Waals surface area contributed by atoms with E-state index in [-0.39, 0.29) is 61.4 Å². The van der Waals surface area contributed by atoms with E-state index in [1.807, 2.05) is 0 Å². The summed E-state index contributed by atoms with van der Waals surface area (Å²) in [6.07, 6.45) is -2.32. The second-order valence-electron chi connectivity index (χ2n) is 11.0. The minimum Gasteiger partial charge on any atom is -0.461 e. The molecule has 0 aliphatic carbocycles. The molecule has 0 amide bonds. The third-order valence-electron chi connectivity index (χ3n) is 6.56. The Morgan fingerprint density at radius 3 is 1.16 bits per heavy atom. The number of carbonyl (C=O) groups is 3. The number of ether oxygens (including phenoxy) is 2. The van der Waals surface area contributed by atoms with E-state index >= 15 is 0 Å². The van der Waals surface area contributed by atoms with Gasteiger partial charge in [-0.15, -0.1) is 6.39 Å². The molecule has 246 valence electrons. The Morgan fingerprint density at radius 1 is 0.579 bits per heavy atom. The highest BCUT2D eigenvalue weighted by molar-refractivity contribution is 8.12. The van der Waals surface area contributed by atoms with Gasteiger partial charge in [-0.05, 0) is 123 Å². The fourth-order valence-electron chi connectivity index (χ4n) is 4.04. The van der Waals surface area contributed by atoms with Crippen LogP contribution in [0.1, 0.15) is 31.3 Å². The van der Waals surface area contributed by atoms with Crippen molar-refractivity contribution in [2.75, 3.05) is 13.2 Å². The molecule has 2 rings (SSSR count). The Balaban J connectivity index is -0.000000651. The summed E-state index contributed by atoms with van der Waals surface area (Å²) in [5, 5.41) is 0.805. The van der Waals surface area contributed by atoms with E-state index in [9.17, 15) is 14.4 Å². The van der Waals surface area contributed by atoms with Crippen LogP contribution in [0.2, 0.25) is 20.6 Å². The van der Waals surface area contributed by atoms with Crippen molar-refractivity contribution in [2.24, 2.45) is 0 Å². The van der Waals surface area contributed by atoms with Crippen molar-refractivity contribution in [3.63, 3.8) is 0 Å². The minimum absolute atomic E-state index is 0.0100. The Kier molecular flexibility index (Phi) is 35.8. The molecule has 0 aliphatic rings. The standard InChI is InChI=1S/C7H6Cl2N2O2.C5H8O3.C4H2Cl2N2.B14H3.B14/c1-2-13-6(12)5-4(8)3-10-7(9)11-5;1-3-8-5(7)4(2)6;5-3-1-7-4(6)8-2-3;2*1-9(2)13(10(3)4)14(11(5)6)12(7)8/h3H,2H2,1H3;3H2,1-2H3;1-2H;1H3;/q;;;-1;. The number of hydrogen-bond acceptors (Lipinski definition) is 9. The molecule has 30 radical (unpaired) electrons. The molecule has 2 aromatic heterocycles. The highest BCUT2D eigenvalue weighted by Crippen LogP contribution is 2.15. The van der Waals surface area contributed by atoms with Crippen molar-refractivity contribution in [1.82, 2.24) is 19.9 Å². The second-order valence-corrected chi connectivity index (χ2v) is 12.6. The maximum atomic E-state index is 11.2. The first-order valence-corrected chi connectivity index (χ1v) is 17.6. The molecule has 0 unspecified atom stereocenters. The third-order valence-corrected chi connectivity index (χ3v) is 7.41. The van der Waals surface area contributed by atoms with Crippen LogP contribution in [-0.2, 0) is 19.1 Å². The lowest BCUT2D eigenvalue weighted by Gasteiger charge is -2.37. The molecule has 9 nitrogen and oxygen atoms in total. The largest absolute Gasteiger partial charge is 0.461 e. The van der Waals surface area contributed by atoms with Crippen LogP contribution >= 0.6 is 46.4 Å². The van der Waals surface area contributed by atoms with Gasteiger partial charge in [0.15, 0.2) is 5.69 Å². The summed E-state index contributed by atoms with van der Waals surface area (Å²) in [6.45, 7) is 5.04. The van der Waals surface area contributed by atoms with E-state index in [2.05, 4.69) is 24.7 Å². The molecule has 2 aromatic rings. The van der Waals surface area contributed by atoms with E-state index in [0.29, 0.717) is 5.02 Å². The van der Waals surface area contributed by atoms with Crippen molar-refractivity contribution in [2.45, 2.75) is 20.8 Å². The van der Waals surface area contributed by atoms with Crippen LogP contribution < -0.4 is 0 Å². The van der Waals surface area contributed by atoms with Crippen LogP contribution in [0.5, 0.6) is 0 Å².